The van der Waals surface area contributed by atoms with Crippen molar-refractivity contribution < 1.29 is 18.7 Å². The van der Waals surface area contributed by atoms with Gasteiger partial charge in [-0.1, -0.05) is 6.07 Å². The molecule has 3 atom stereocenters. The van der Waals surface area contributed by atoms with Crippen LogP contribution in [0.2, 0.25) is 0 Å². The number of fused-ring (bicyclic) bond motifs is 1. The fourth-order valence-electron chi connectivity index (χ4n) is 5.47. The molecule has 33 heavy (non-hydrogen) atoms. The molecule has 8 nitrogen and oxygen atoms in total. The standard InChI is InChI=1S/C25H32N4O4/c1-17-16-28(25(31)23-4-3-11-33-23)22-14-19(5-6-21(22)29(17)18(2)30)20-7-8-26-24(15-20)27-9-12-32-13-10-27/h3-6,11,14,17,20,24,26H,7-10,12-13,15-16H2,1-2H3/t17-,20?,24?/m0/s1. The summed E-state index contributed by atoms with van der Waals surface area (Å²) in [5, 5.41) is 3.66. The highest BCUT2D eigenvalue weighted by Gasteiger charge is 2.36. The second-order valence-electron chi connectivity index (χ2n) is 9.22. The van der Waals surface area contributed by atoms with E-state index in [1.54, 1.807) is 28.9 Å². The fourth-order valence-corrected chi connectivity index (χ4v) is 5.47. The van der Waals surface area contributed by atoms with E-state index in [0.717, 1.165) is 57.1 Å². The Kier molecular flexibility index (Phi) is 6.23. The molecule has 176 valence electrons. The van der Waals surface area contributed by atoms with E-state index < -0.39 is 0 Å². The van der Waals surface area contributed by atoms with Crippen LogP contribution in [0.1, 0.15) is 48.7 Å². The van der Waals surface area contributed by atoms with Crippen LogP contribution < -0.4 is 15.1 Å². The van der Waals surface area contributed by atoms with Gasteiger partial charge in [-0.2, -0.15) is 0 Å². The highest BCUT2D eigenvalue weighted by Crippen LogP contribution is 2.40. The van der Waals surface area contributed by atoms with E-state index in [9.17, 15) is 9.59 Å². The predicted octanol–water partition coefficient (Wildman–Crippen LogP) is 2.81. The van der Waals surface area contributed by atoms with Crippen LogP contribution in [0.25, 0.3) is 0 Å². The zero-order valence-corrected chi connectivity index (χ0v) is 19.3. The van der Waals surface area contributed by atoms with Crippen LogP contribution in [-0.4, -0.2) is 68.3 Å². The number of amides is 2. The van der Waals surface area contributed by atoms with E-state index in [2.05, 4.69) is 22.3 Å². The SMILES string of the molecule is CC(=O)N1c2ccc(C3CCNC(N4CCOCC4)C3)cc2N(C(=O)c2ccco2)C[C@@H]1C. The largest absolute Gasteiger partial charge is 0.459 e. The summed E-state index contributed by atoms with van der Waals surface area (Å²) >= 11 is 0. The summed E-state index contributed by atoms with van der Waals surface area (Å²) in [6, 6.07) is 9.55. The van der Waals surface area contributed by atoms with Crippen molar-refractivity contribution in [3.8, 4) is 0 Å². The Morgan fingerprint density at radius 1 is 1.12 bits per heavy atom. The lowest BCUT2D eigenvalue weighted by atomic mass is 9.87. The number of hydrogen-bond acceptors (Lipinski definition) is 6. The first kappa shape index (κ1) is 22.1. The molecule has 3 aliphatic heterocycles. The van der Waals surface area contributed by atoms with E-state index in [1.807, 2.05) is 13.0 Å². The average molecular weight is 453 g/mol. The minimum absolute atomic E-state index is 0.0177. The van der Waals surface area contributed by atoms with E-state index in [-0.39, 0.29) is 17.9 Å². The molecular weight excluding hydrogens is 420 g/mol. The van der Waals surface area contributed by atoms with Crippen LogP contribution in [0.15, 0.2) is 41.0 Å². The number of piperidine rings is 1. The van der Waals surface area contributed by atoms with Crippen LogP contribution >= 0.6 is 0 Å². The number of carbonyl (C=O) groups is 2. The number of morpholine rings is 1. The summed E-state index contributed by atoms with van der Waals surface area (Å²) in [5.41, 5.74) is 2.77. The van der Waals surface area contributed by atoms with Crippen molar-refractivity contribution >= 4 is 23.2 Å². The quantitative estimate of drug-likeness (QED) is 0.772. The van der Waals surface area contributed by atoms with Gasteiger partial charge in [0, 0.05) is 26.6 Å². The maximum absolute atomic E-state index is 13.3. The molecule has 2 unspecified atom stereocenters. The molecule has 2 aromatic rings. The Bertz CT molecular complexity index is 1000. The van der Waals surface area contributed by atoms with Gasteiger partial charge in [-0.3, -0.25) is 14.5 Å². The lowest BCUT2D eigenvalue weighted by Gasteiger charge is -2.42. The van der Waals surface area contributed by atoms with Gasteiger partial charge in [0.2, 0.25) is 5.91 Å². The number of ether oxygens (including phenoxy) is 1. The summed E-state index contributed by atoms with van der Waals surface area (Å²) in [6.45, 7) is 8.40. The Balaban J connectivity index is 1.46. The number of furan rings is 1. The van der Waals surface area contributed by atoms with Crippen LogP contribution in [0.4, 0.5) is 11.4 Å². The van der Waals surface area contributed by atoms with Gasteiger partial charge in [-0.05, 0) is 62.1 Å². The van der Waals surface area contributed by atoms with Crippen LogP contribution in [-0.2, 0) is 9.53 Å². The van der Waals surface area contributed by atoms with Gasteiger partial charge in [0.05, 0.1) is 43.1 Å². The third kappa shape index (κ3) is 4.30. The molecule has 0 spiro atoms. The Morgan fingerprint density at radius 2 is 1.94 bits per heavy atom. The number of carbonyl (C=O) groups excluding carboxylic acids is 2. The van der Waals surface area contributed by atoms with Gasteiger partial charge in [0.1, 0.15) is 0 Å². The number of nitrogens with one attached hydrogen (secondary N) is 1. The molecule has 2 amide bonds. The zero-order chi connectivity index (χ0) is 22.9. The Hall–Kier alpha value is -2.68. The number of nitrogens with zero attached hydrogens (tertiary/aromatic N) is 3. The molecule has 8 heteroatoms. The summed E-state index contributed by atoms with van der Waals surface area (Å²) < 4.78 is 10.9. The third-order valence-electron chi connectivity index (χ3n) is 7.09. The normalized spacial score (nSPS) is 26.2. The molecule has 1 aromatic heterocycles. The molecule has 1 aromatic carbocycles. The zero-order valence-electron chi connectivity index (χ0n) is 19.3. The van der Waals surface area contributed by atoms with Crippen molar-refractivity contribution in [3.05, 3.63) is 47.9 Å². The third-order valence-corrected chi connectivity index (χ3v) is 7.09. The van der Waals surface area contributed by atoms with E-state index in [0.29, 0.717) is 24.4 Å². The van der Waals surface area contributed by atoms with Crippen molar-refractivity contribution in [3.63, 3.8) is 0 Å². The van der Waals surface area contributed by atoms with E-state index >= 15 is 0 Å². The maximum atomic E-state index is 13.3. The topological polar surface area (TPSA) is 78.3 Å². The number of hydrogen-bond donors (Lipinski definition) is 1. The van der Waals surface area contributed by atoms with Crippen molar-refractivity contribution in [1.29, 1.82) is 0 Å². The van der Waals surface area contributed by atoms with Gasteiger partial charge in [0.25, 0.3) is 5.91 Å². The summed E-state index contributed by atoms with van der Waals surface area (Å²) in [7, 11) is 0. The van der Waals surface area contributed by atoms with Crippen LogP contribution in [0.5, 0.6) is 0 Å². The monoisotopic (exact) mass is 452 g/mol. The van der Waals surface area contributed by atoms with Gasteiger partial charge >= 0.3 is 0 Å². The highest BCUT2D eigenvalue weighted by molar-refractivity contribution is 6.09. The molecule has 4 heterocycles. The molecule has 0 saturated carbocycles. The summed E-state index contributed by atoms with van der Waals surface area (Å²) in [4.78, 5) is 31.8. The van der Waals surface area contributed by atoms with Gasteiger partial charge in [-0.25, -0.2) is 0 Å². The summed E-state index contributed by atoms with van der Waals surface area (Å²) in [6.07, 6.45) is 3.90. The summed E-state index contributed by atoms with van der Waals surface area (Å²) in [5.74, 6) is 0.500. The Morgan fingerprint density at radius 3 is 2.67 bits per heavy atom. The fraction of sp³-hybridized carbons (Fsp3) is 0.520. The molecular formula is C25H32N4O4. The molecule has 1 N–H and O–H groups in total. The lowest BCUT2D eigenvalue weighted by Crippen LogP contribution is -2.53. The van der Waals surface area contributed by atoms with E-state index in [4.69, 9.17) is 9.15 Å². The minimum Gasteiger partial charge on any atom is -0.459 e. The molecule has 5 rings (SSSR count). The molecule has 3 aliphatic rings. The van der Waals surface area contributed by atoms with Gasteiger partial charge in [0.15, 0.2) is 5.76 Å². The first-order chi connectivity index (χ1) is 16.0. The molecule has 2 fully saturated rings. The van der Waals surface area contributed by atoms with Gasteiger partial charge < -0.3 is 24.3 Å². The molecule has 0 aliphatic carbocycles. The molecule has 2 saturated heterocycles. The van der Waals surface area contributed by atoms with Gasteiger partial charge in [-0.15, -0.1) is 0 Å². The maximum Gasteiger partial charge on any atom is 0.294 e. The minimum atomic E-state index is -0.176. The molecule has 0 bridgehead atoms. The number of anilines is 2. The van der Waals surface area contributed by atoms with Crippen LogP contribution in [0.3, 0.4) is 0 Å². The first-order valence-electron chi connectivity index (χ1n) is 11.9. The average Bonchev–Trinajstić information content (AvgIpc) is 3.38. The Labute approximate surface area is 194 Å². The van der Waals surface area contributed by atoms with Crippen molar-refractivity contribution in [2.45, 2.75) is 44.8 Å². The lowest BCUT2D eigenvalue weighted by molar-refractivity contribution is -0.117. The smallest absolute Gasteiger partial charge is 0.294 e. The van der Waals surface area contributed by atoms with Crippen molar-refractivity contribution in [2.75, 3.05) is 49.2 Å². The second-order valence-corrected chi connectivity index (χ2v) is 9.22. The second kappa shape index (κ2) is 9.29. The molecule has 0 radical (unpaired) electrons. The number of rotatable bonds is 3. The van der Waals surface area contributed by atoms with E-state index in [1.165, 1.54) is 11.8 Å². The predicted molar refractivity (Wildman–Crippen MR) is 126 cm³/mol. The highest BCUT2D eigenvalue weighted by atomic mass is 16.5. The number of benzene rings is 1. The van der Waals surface area contributed by atoms with Crippen molar-refractivity contribution in [2.24, 2.45) is 0 Å². The van der Waals surface area contributed by atoms with Crippen LogP contribution in [0, 0.1) is 0 Å². The first-order valence-corrected chi connectivity index (χ1v) is 11.9. The van der Waals surface area contributed by atoms with Crippen molar-refractivity contribution in [1.82, 2.24) is 10.2 Å².